The second-order valence-corrected chi connectivity index (χ2v) is 8.47. The molecule has 1 unspecified atom stereocenters. The molecular formula is C22H24BrN3OS. The molecule has 4 nitrogen and oxygen atoms in total. The molecule has 1 atom stereocenters. The molecule has 0 aliphatic carbocycles. The fourth-order valence-corrected chi connectivity index (χ4v) is 4.22. The van der Waals surface area contributed by atoms with Crippen molar-refractivity contribution in [1.82, 2.24) is 14.8 Å². The highest BCUT2D eigenvalue weighted by Crippen LogP contribution is 2.29. The first-order valence-electron chi connectivity index (χ1n) is 9.13. The van der Waals surface area contributed by atoms with Crippen LogP contribution >= 0.6 is 27.7 Å². The summed E-state index contributed by atoms with van der Waals surface area (Å²) in [4.78, 5) is 0. The van der Waals surface area contributed by atoms with Crippen LogP contribution < -0.4 is 4.74 Å². The maximum absolute atomic E-state index is 6.22. The highest BCUT2D eigenvalue weighted by atomic mass is 79.9. The largest absolute Gasteiger partial charge is 0.482 e. The fraction of sp³-hybridized carbons (Fsp3) is 0.273. The van der Waals surface area contributed by atoms with E-state index in [9.17, 15) is 0 Å². The minimum absolute atomic E-state index is 0.215. The molecule has 0 saturated heterocycles. The Kier molecular flexibility index (Phi) is 6.97. The third-order valence-corrected chi connectivity index (χ3v) is 6.07. The standard InChI is InChI=1S/C22H24BrN3OS/c1-5-12-26-21(17(4)27-20-11-6-8-15(2)16(20)3)24-25-22(26)28-14-18-9-7-10-19(23)13-18/h5-11,13,17H,1,12,14H2,2-4H3. The van der Waals surface area contributed by atoms with Gasteiger partial charge in [0, 0.05) is 16.8 Å². The van der Waals surface area contributed by atoms with Crippen LogP contribution in [-0.2, 0) is 12.3 Å². The SMILES string of the molecule is C=CCn1c(SCc2cccc(Br)c2)nnc1C(C)Oc1cccc(C)c1C. The number of aromatic nitrogens is 3. The van der Waals surface area contributed by atoms with Crippen LogP contribution in [0.15, 0.2) is 64.7 Å². The van der Waals surface area contributed by atoms with Crippen molar-refractivity contribution in [2.45, 2.75) is 44.3 Å². The van der Waals surface area contributed by atoms with E-state index in [1.807, 2.05) is 37.3 Å². The van der Waals surface area contributed by atoms with Crippen LogP contribution in [0.2, 0.25) is 0 Å². The average molecular weight is 458 g/mol. The Morgan fingerprint density at radius 2 is 2.00 bits per heavy atom. The second kappa shape index (κ2) is 9.43. The number of benzene rings is 2. The number of ether oxygens (including phenoxy) is 1. The summed E-state index contributed by atoms with van der Waals surface area (Å²) in [5.41, 5.74) is 3.59. The van der Waals surface area contributed by atoms with Crippen molar-refractivity contribution in [3.05, 3.63) is 82.1 Å². The smallest absolute Gasteiger partial charge is 0.191 e. The predicted octanol–water partition coefficient (Wildman–Crippen LogP) is 6.28. The summed E-state index contributed by atoms with van der Waals surface area (Å²) in [6.45, 7) is 10.7. The normalized spacial score (nSPS) is 12.0. The molecule has 0 N–H and O–H groups in total. The minimum atomic E-state index is -0.215. The van der Waals surface area contributed by atoms with Gasteiger partial charge in [-0.05, 0) is 55.7 Å². The summed E-state index contributed by atoms with van der Waals surface area (Å²) in [5.74, 6) is 2.50. The van der Waals surface area contributed by atoms with E-state index in [1.165, 1.54) is 11.1 Å². The molecular weight excluding hydrogens is 434 g/mol. The van der Waals surface area contributed by atoms with Gasteiger partial charge in [-0.1, -0.05) is 58.0 Å². The third kappa shape index (κ3) is 4.86. The van der Waals surface area contributed by atoms with Crippen molar-refractivity contribution in [2.24, 2.45) is 0 Å². The Balaban J connectivity index is 1.79. The van der Waals surface area contributed by atoms with Crippen LogP contribution in [0.4, 0.5) is 0 Å². The van der Waals surface area contributed by atoms with E-state index in [1.54, 1.807) is 11.8 Å². The first-order chi connectivity index (χ1) is 13.5. The van der Waals surface area contributed by atoms with Gasteiger partial charge >= 0.3 is 0 Å². The molecule has 0 amide bonds. The summed E-state index contributed by atoms with van der Waals surface area (Å²) in [5, 5.41) is 9.70. The van der Waals surface area contributed by atoms with Gasteiger partial charge in [0.15, 0.2) is 17.1 Å². The van der Waals surface area contributed by atoms with Crippen molar-refractivity contribution in [1.29, 1.82) is 0 Å². The van der Waals surface area contributed by atoms with E-state index in [-0.39, 0.29) is 6.10 Å². The van der Waals surface area contributed by atoms with E-state index in [2.05, 4.69) is 69.3 Å². The van der Waals surface area contributed by atoms with Crippen LogP contribution in [0, 0.1) is 13.8 Å². The van der Waals surface area contributed by atoms with E-state index in [0.29, 0.717) is 6.54 Å². The van der Waals surface area contributed by atoms with E-state index >= 15 is 0 Å². The quantitative estimate of drug-likeness (QED) is 0.294. The molecule has 0 radical (unpaired) electrons. The number of rotatable bonds is 8. The van der Waals surface area contributed by atoms with Gasteiger partial charge in [-0.15, -0.1) is 16.8 Å². The molecule has 3 rings (SSSR count). The lowest BCUT2D eigenvalue weighted by atomic mass is 10.1. The van der Waals surface area contributed by atoms with Gasteiger partial charge in [-0.2, -0.15) is 0 Å². The average Bonchev–Trinajstić information content (AvgIpc) is 3.07. The van der Waals surface area contributed by atoms with Crippen LogP contribution in [0.5, 0.6) is 5.75 Å². The number of thioether (sulfide) groups is 1. The monoisotopic (exact) mass is 457 g/mol. The first-order valence-corrected chi connectivity index (χ1v) is 10.9. The van der Waals surface area contributed by atoms with Crippen molar-refractivity contribution in [2.75, 3.05) is 0 Å². The lowest BCUT2D eigenvalue weighted by Crippen LogP contribution is -2.12. The summed E-state index contributed by atoms with van der Waals surface area (Å²) in [6, 6.07) is 14.4. The zero-order chi connectivity index (χ0) is 20.1. The second-order valence-electron chi connectivity index (χ2n) is 6.62. The molecule has 0 fully saturated rings. The molecule has 1 heterocycles. The fourth-order valence-electron chi connectivity index (χ4n) is 2.88. The van der Waals surface area contributed by atoms with Crippen molar-refractivity contribution >= 4 is 27.7 Å². The lowest BCUT2D eigenvalue weighted by molar-refractivity contribution is 0.209. The molecule has 146 valence electrons. The van der Waals surface area contributed by atoms with Crippen molar-refractivity contribution in [3.63, 3.8) is 0 Å². The molecule has 0 bridgehead atoms. The van der Waals surface area contributed by atoms with Gasteiger partial charge in [-0.3, -0.25) is 4.57 Å². The lowest BCUT2D eigenvalue weighted by Gasteiger charge is -2.18. The minimum Gasteiger partial charge on any atom is -0.482 e. The Bertz CT molecular complexity index is 970. The number of allylic oxidation sites excluding steroid dienone is 1. The zero-order valence-electron chi connectivity index (χ0n) is 16.4. The maximum Gasteiger partial charge on any atom is 0.191 e. The first kappa shape index (κ1) is 20.7. The number of hydrogen-bond donors (Lipinski definition) is 0. The van der Waals surface area contributed by atoms with Gasteiger partial charge in [0.2, 0.25) is 0 Å². The Morgan fingerprint density at radius 3 is 2.75 bits per heavy atom. The topological polar surface area (TPSA) is 39.9 Å². The Labute approximate surface area is 179 Å². The number of aryl methyl sites for hydroxylation is 1. The zero-order valence-corrected chi connectivity index (χ0v) is 18.8. The molecule has 0 aliphatic heterocycles. The summed E-state index contributed by atoms with van der Waals surface area (Å²) >= 11 is 5.19. The van der Waals surface area contributed by atoms with E-state index in [0.717, 1.165) is 32.5 Å². The number of halogens is 1. The molecule has 3 aromatic rings. The van der Waals surface area contributed by atoms with Gasteiger partial charge < -0.3 is 4.74 Å². The van der Waals surface area contributed by atoms with Crippen LogP contribution in [0.3, 0.4) is 0 Å². The molecule has 0 aliphatic rings. The number of nitrogens with zero attached hydrogens (tertiary/aromatic N) is 3. The number of hydrogen-bond acceptors (Lipinski definition) is 4. The maximum atomic E-state index is 6.22. The molecule has 6 heteroatoms. The Morgan fingerprint density at radius 1 is 1.21 bits per heavy atom. The van der Waals surface area contributed by atoms with Crippen LogP contribution in [0.25, 0.3) is 0 Å². The van der Waals surface area contributed by atoms with Gasteiger partial charge in [0.25, 0.3) is 0 Å². The van der Waals surface area contributed by atoms with Crippen molar-refractivity contribution < 1.29 is 4.74 Å². The third-order valence-electron chi connectivity index (χ3n) is 4.54. The molecule has 28 heavy (non-hydrogen) atoms. The van der Waals surface area contributed by atoms with Crippen LogP contribution in [-0.4, -0.2) is 14.8 Å². The highest BCUT2D eigenvalue weighted by molar-refractivity contribution is 9.10. The molecule has 0 saturated carbocycles. The summed E-state index contributed by atoms with van der Waals surface area (Å²) in [7, 11) is 0. The molecule has 0 spiro atoms. The van der Waals surface area contributed by atoms with Crippen LogP contribution in [0.1, 0.15) is 35.5 Å². The Hall–Kier alpha value is -2.05. The van der Waals surface area contributed by atoms with Gasteiger partial charge in [0.1, 0.15) is 5.75 Å². The summed E-state index contributed by atoms with van der Waals surface area (Å²) in [6.07, 6.45) is 1.65. The summed E-state index contributed by atoms with van der Waals surface area (Å²) < 4.78 is 9.37. The molecule has 2 aromatic carbocycles. The van der Waals surface area contributed by atoms with E-state index < -0.39 is 0 Å². The van der Waals surface area contributed by atoms with E-state index in [4.69, 9.17) is 4.74 Å². The van der Waals surface area contributed by atoms with Gasteiger partial charge in [-0.25, -0.2) is 0 Å². The van der Waals surface area contributed by atoms with Gasteiger partial charge in [0.05, 0.1) is 0 Å². The predicted molar refractivity (Wildman–Crippen MR) is 119 cm³/mol. The highest BCUT2D eigenvalue weighted by Gasteiger charge is 2.20. The molecule has 1 aromatic heterocycles. The van der Waals surface area contributed by atoms with Crippen molar-refractivity contribution in [3.8, 4) is 5.75 Å².